The second kappa shape index (κ2) is 10.5. The maximum absolute atomic E-state index is 13.3. The van der Waals surface area contributed by atoms with Gasteiger partial charge in [0.25, 0.3) is 5.56 Å². The number of hydrogen-bond donors (Lipinski definition) is 4. The topological polar surface area (TPSA) is 138 Å². The summed E-state index contributed by atoms with van der Waals surface area (Å²) in [5.74, 6) is -1.95. The number of likely N-dealkylation sites (tertiary alicyclic amines) is 1. The molecule has 1 aliphatic heterocycles. The van der Waals surface area contributed by atoms with Crippen molar-refractivity contribution in [3.63, 3.8) is 0 Å². The number of aromatic nitrogens is 1. The summed E-state index contributed by atoms with van der Waals surface area (Å²) >= 11 is 0. The zero-order chi connectivity index (χ0) is 24.9. The van der Waals surface area contributed by atoms with E-state index in [2.05, 4.69) is 10.2 Å². The maximum Gasteiger partial charge on any atom is 0.343 e. The highest BCUT2D eigenvalue weighted by Gasteiger charge is 2.21. The number of nitrogens with two attached hydrogens (primary N) is 1. The molecule has 0 aliphatic carbocycles. The number of carboxylic acid groups (broad SMARTS) is 1. The van der Waals surface area contributed by atoms with Gasteiger partial charge in [-0.15, -0.1) is 0 Å². The Morgan fingerprint density at radius 3 is 2.43 bits per heavy atom. The summed E-state index contributed by atoms with van der Waals surface area (Å²) in [5, 5.41) is 23.1. The van der Waals surface area contributed by atoms with Gasteiger partial charge in [-0.05, 0) is 61.3 Å². The monoisotopic (exact) mass is 476 g/mol. The Hall–Kier alpha value is -3.95. The van der Waals surface area contributed by atoms with E-state index in [0.29, 0.717) is 28.9 Å². The van der Waals surface area contributed by atoms with Crippen molar-refractivity contribution in [3.8, 4) is 5.69 Å². The molecule has 0 radical (unpaired) electrons. The van der Waals surface area contributed by atoms with Crippen LogP contribution in [0.5, 0.6) is 0 Å². The molecule has 2 heterocycles. The average Bonchev–Trinajstić information content (AvgIpc) is 3.36. The number of nitrogens with one attached hydrogen (secondary N) is 1. The molecule has 1 aliphatic rings. The van der Waals surface area contributed by atoms with Crippen LogP contribution in [0, 0.1) is 0 Å². The molecule has 9 heteroatoms. The number of aliphatic hydroxyl groups excluding tert-OH is 1. The molecule has 5 N–H and O–H groups in total. The minimum atomic E-state index is -1.38. The van der Waals surface area contributed by atoms with E-state index in [0.717, 1.165) is 25.9 Å². The minimum absolute atomic E-state index is 0.0290. The standard InChI is InChI=1S/C26H28N4O5/c27-24(32)18-8-9-21(19(14-18)16-29-11-4-5-12-29)30-13-10-20(23(25(30)33)26(34)35)28-15-22(31)17-6-2-1-3-7-17/h1-3,6-10,13-14,22,28,31H,4-5,11-12,15-16H2,(H2,27,32)(H,34,35)/t22-/m0/s1. The first-order chi connectivity index (χ1) is 16.8. The van der Waals surface area contributed by atoms with E-state index in [1.165, 1.54) is 22.9 Å². The lowest BCUT2D eigenvalue weighted by Gasteiger charge is -2.20. The number of aromatic carboxylic acids is 1. The molecule has 1 aromatic heterocycles. The van der Waals surface area contributed by atoms with Gasteiger partial charge in [0.15, 0.2) is 0 Å². The summed E-state index contributed by atoms with van der Waals surface area (Å²) in [6.45, 7) is 2.35. The van der Waals surface area contributed by atoms with E-state index in [4.69, 9.17) is 5.73 Å². The van der Waals surface area contributed by atoms with E-state index in [9.17, 15) is 24.6 Å². The molecule has 0 unspecified atom stereocenters. The lowest BCUT2D eigenvalue weighted by atomic mass is 10.1. The van der Waals surface area contributed by atoms with Crippen LogP contribution in [0.15, 0.2) is 65.6 Å². The molecule has 182 valence electrons. The summed E-state index contributed by atoms with van der Waals surface area (Å²) in [6.07, 6.45) is 2.76. The molecule has 1 fully saturated rings. The van der Waals surface area contributed by atoms with Crippen molar-refractivity contribution in [1.82, 2.24) is 9.47 Å². The van der Waals surface area contributed by atoms with Crippen LogP contribution >= 0.6 is 0 Å². The Morgan fingerprint density at radius 1 is 1.06 bits per heavy atom. The molecule has 2 aromatic carbocycles. The summed E-state index contributed by atoms with van der Waals surface area (Å²) in [5.41, 5.74) is 6.63. The Morgan fingerprint density at radius 2 is 1.77 bits per heavy atom. The van der Waals surface area contributed by atoms with Crippen LogP contribution in [0.1, 0.15) is 50.8 Å². The molecule has 1 saturated heterocycles. The number of carboxylic acids is 1. The number of primary amides is 1. The van der Waals surface area contributed by atoms with Gasteiger partial charge in [0.05, 0.1) is 17.5 Å². The molecule has 4 rings (SSSR count). The van der Waals surface area contributed by atoms with Gasteiger partial charge in [-0.1, -0.05) is 30.3 Å². The Balaban J connectivity index is 1.69. The number of benzene rings is 2. The van der Waals surface area contributed by atoms with Gasteiger partial charge in [0.1, 0.15) is 5.56 Å². The first-order valence-electron chi connectivity index (χ1n) is 11.5. The number of hydrogen-bond acceptors (Lipinski definition) is 6. The van der Waals surface area contributed by atoms with Crippen LogP contribution in [0.4, 0.5) is 5.69 Å². The lowest BCUT2D eigenvalue weighted by molar-refractivity contribution is 0.0695. The molecular weight excluding hydrogens is 448 g/mol. The highest BCUT2D eigenvalue weighted by Crippen LogP contribution is 2.22. The number of pyridine rings is 1. The van der Waals surface area contributed by atoms with Crippen molar-refractivity contribution in [3.05, 3.63) is 93.4 Å². The molecule has 3 aromatic rings. The fourth-order valence-corrected chi connectivity index (χ4v) is 4.36. The zero-order valence-corrected chi connectivity index (χ0v) is 19.2. The number of carbonyl (C=O) groups excluding carboxylic acids is 1. The predicted molar refractivity (Wildman–Crippen MR) is 132 cm³/mol. The van der Waals surface area contributed by atoms with Crippen molar-refractivity contribution in [2.45, 2.75) is 25.5 Å². The van der Waals surface area contributed by atoms with Crippen LogP contribution in [0.25, 0.3) is 5.69 Å². The fourth-order valence-electron chi connectivity index (χ4n) is 4.36. The van der Waals surface area contributed by atoms with Gasteiger partial charge in [0, 0.05) is 24.8 Å². The quantitative estimate of drug-likeness (QED) is 0.372. The van der Waals surface area contributed by atoms with Crippen molar-refractivity contribution in [2.24, 2.45) is 5.73 Å². The van der Waals surface area contributed by atoms with Gasteiger partial charge < -0.3 is 21.3 Å². The molecule has 0 saturated carbocycles. The number of aliphatic hydroxyl groups is 1. The molecule has 9 nitrogen and oxygen atoms in total. The van der Waals surface area contributed by atoms with Crippen LogP contribution < -0.4 is 16.6 Å². The third kappa shape index (κ3) is 5.42. The van der Waals surface area contributed by atoms with Crippen LogP contribution in [-0.4, -0.2) is 51.2 Å². The lowest BCUT2D eigenvalue weighted by Crippen LogP contribution is -2.29. The van der Waals surface area contributed by atoms with Crippen molar-refractivity contribution >= 4 is 17.6 Å². The number of nitrogens with zero attached hydrogens (tertiary/aromatic N) is 2. The number of anilines is 1. The Kier molecular flexibility index (Phi) is 7.28. The smallest absolute Gasteiger partial charge is 0.343 e. The van der Waals surface area contributed by atoms with Gasteiger partial charge in [-0.2, -0.15) is 0 Å². The van der Waals surface area contributed by atoms with E-state index in [-0.39, 0.29) is 12.2 Å². The third-order valence-electron chi connectivity index (χ3n) is 6.19. The van der Waals surface area contributed by atoms with E-state index < -0.39 is 29.1 Å². The van der Waals surface area contributed by atoms with Crippen molar-refractivity contribution < 1.29 is 19.8 Å². The van der Waals surface area contributed by atoms with Gasteiger partial charge in [0.2, 0.25) is 5.91 Å². The summed E-state index contributed by atoms with van der Waals surface area (Å²) in [6, 6.07) is 15.3. The highest BCUT2D eigenvalue weighted by atomic mass is 16.4. The third-order valence-corrected chi connectivity index (χ3v) is 6.19. The van der Waals surface area contributed by atoms with E-state index >= 15 is 0 Å². The minimum Gasteiger partial charge on any atom is -0.477 e. The summed E-state index contributed by atoms with van der Waals surface area (Å²) < 4.78 is 1.28. The van der Waals surface area contributed by atoms with Crippen molar-refractivity contribution in [2.75, 3.05) is 25.0 Å². The normalized spacial score (nSPS) is 14.5. The number of amides is 1. The van der Waals surface area contributed by atoms with Crippen LogP contribution in [0.2, 0.25) is 0 Å². The average molecular weight is 477 g/mol. The first kappa shape index (κ1) is 24.2. The fraction of sp³-hybridized carbons (Fsp3) is 0.269. The molecule has 0 bridgehead atoms. The SMILES string of the molecule is NC(=O)c1ccc(-n2ccc(NC[C@H](O)c3ccccc3)c(C(=O)O)c2=O)c(CN2CCCC2)c1. The largest absolute Gasteiger partial charge is 0.477 e. The maximum atomic E-state index is 13.3. The number of carbonyl (C=O) groups is 2. The van der Waals surface area contributed by atoms with Gasteiger partial charge in [-0.25, -0.2) is 4.79 Å². The Bertz CT molecular complexity index is 1280. The second-order valence-electron chi connectivity index (χ2n) is 8.58. The van der Waals surface area contributed by atoms with Gasteiger partial charge >= 0.3 is 5.97 Å². The molecular formula is C26H28N4O5. The molecule has 0 spiro atoms. The predicted octanol–water partition coefficient (Wildman–Crippen LogP) is 2.38. The summed E-state index contributed by atoms with van der Waals surface area (Å²) in [4.78, 5) is 39.4. The second-order valence-corrected chi connectivity index (χ2v) is 8.58. The van der Waals surface area contributed by atoms with Crippen LogP contribution in [0.3, 0.4) is 0 Å². The molecule has 1 atom stereocenters. The van der Waals surface area contributed by atoms with Crippen LogP contribution in [-0.2, 0) is 6.54 Å². The molecule has 35 heavy (non-hydrogen) atoms. The van der Waals surface area contributed by atoms with E-state index in [1.807, 2.05) is 6.07 Å². The summed E-state index contributed by atoms with van der Waals surface area (Å²) in [7, 11) is 0. The van der Waals surface area contributed by atoms with Crippen molar-refractivity contribution in [1.29, 1.82) is 0 Å². The van der Waals surface area contributed by atoms with E-state index in [1.54, 1.807) is 36.4 Å². The Labute approximate surface area is 202 Å². The number of rotatable bonds is 9. The van der Waals surface area contributed by atoms with Gasteiger partial charge in [-0.3, -0.25) is 19.1 Å². The highest BCUT2D eigenvalue weighted by molar-refractivity contribution is 5.94. The first-order valence-corrected chi connectivity index (χ1v) is 11.5. The zero-order valence-electron chi connectivity index (χ0n) is 19.2. The molecule has 1 amide bonds.